The van der Waals surface area contributed by atoms with E-state index < -0.39 is 0 Å². The lowest BCUT2D eigenvalue weighted by molar-refractivity contribution is -0.684. The van der Waals surface area contributed by atoms with Crippen LogP contribution in [0.15, 0.2) is 35.7 Å². The summed E-state index contributed by atoms with van der Waals surface area (Å²) in [6.45, 7) is 6.27. The number of amides is 1. The summed E-state index contributed by atoms with van der Waals surface area (Å²) in [6.07, 6.45) is 3.69. The molecule has 1 amide bonds. The van der Waals surface area contributed by atoms with Gasteiger partial charge in [0.2, 0.25) is 6.54 Å². The van der Waals surface area contributed by atoms with Gasteiger partial charge in [0.05, 0.1) is 0 Å². The highest BCUT2D eigenvalue weighted by atomic mass is 16.2. The summed E-state index contributed by atoms with van der Waals surface area (Å²) in [5.74, 6) is 0.237. The van der Waals surface area contributed by atoms with Crippen molar-refractivity contribution in [2.24, 2.45) is 11.0 Å². The van der Waals surface area contributed by atoms with Crippen molar-refractivity contribution in [3.63, 3.8) is 0 Å². The Kier molecular flexibility index (Phi) is 4.64. The van der Waals surface area contributed by atoms with Crippen LogP contribution in [0.25, 0.3) is 0 Å². The zero-order valence-electron chi connectivity index (χ0n) is 9.97. The zero-order chi connectivity index (χ0) is 12.0. The predicted molar refractivity (Wildman–Crippen MR) is 62.7 cm³/mol. The zero-order valence-corrected chi connectivity index (χ0v) is 9.97. The number of hydrogen-bond donors (Lipinski definition) is 1. The van der Waals surface area contributed by atoms with Crippen LogP contribution in [0.4, 0.5) is 0 Å². The van der Waals surface area contributed by atoms with E-state index in [1.54, 1.807) is 4.57 Å². The highest BCUT2D eigenvalue weighted by Crippen LogP contribution is 1.94. The second-order valence-corrected chi connectivity index (χ2v) is 3.99. The third-order valence-electron chi connectivity index (χ3n) is 2.30. The van der Waals surface area contributed by atoms with Crippen LogP contribution in [0.1, 0.15) is 20.8 Å². The van der Waals surface area contributed by atoms with Gasteiger partial charge >= 0.3 is 5.91 Å². The quantitative estimate of drug-likeness (QED) is 0.461. The average Bonchev–Trinajstić information content (AvgIpc) is 2.27. The molecule has 1 aromatic rings. The van der Waals surface area contributed by atoms with E-state index in [1.807, 2.05) is 51.4 Å². The topological polar surface area (TPSA) is 45.3 Å². The Morgan fingerprint density at radius 3 is 2.50 bits per heavy atom. The summed E-state index contributed by atoms with van der Waals surface area (Å²) < 4.78 is 1.80. The minimum absolute atomic E-state index is 0.115. The molecule has 0 radical (unpaired) electrons. The van der Waals surface area contributed by atoms with Crippen molar-refractivity contribution in [3.05, 3.63) is 30.6 Å². The maximum absolute atomic E-state index is 11.5. The Bertz CT molecular complexity index is 371. The molecule has 0 atom stereocenters. The number of hydrogen-bond acceptors (Lipinski definition) is 2. The molecule has 1 heterocycles. The molecule has 0 saturated carbocycles. The van der Waals surface area contributed by atoms with Gasteiger partial charge in [-0.3, -0.25) is 4.79 Å². The molecule has 0 saturated heterocycles. The van der Waals surface area contributed by atoms with Gasteiger partial charge in [-0.2, -0.15) is 9.67 Å². The molecule has 0 fully saturated rings. The first-order valence-electron chi connectivity index (χ1n) is 5.36. The molecular weight excluding hydrogens is 202 g/mol. The molecule has 0 aliphatic rings. The minimum Gasteiger partial charge on any atom is -0.266 e. The normalized spacial score (nSPS) is 11.6. The third-order valence-corrected chi connectivity index (χ3v) is 2.30. The monoisotopic (exact) mass is 220 g/mol. The lowest BCUT2D eigenvalue weighted by Crippen LogP contribution is -2.41. The van der Waals surface area contributed by atoms with Gasteiger partial charge in [0.1, 0.15) is 0 Å². The van der Waals surface area contributed by atoms with Crippen molar-refractivity contribution < 1.29 is 9.36 Å². The molecule has 0 unspecified atom stereocenters. The fraction of sp³-hybridized carbons (Fsp3) is 0.417. The van der Waals surface area contributed by atoms with E-state index in [9.17, 15) is 4.79 Å². The summed E-state index contributed by atoms with van der Waals surface area (Å²) in [5, 5.41) is 4.02. The smallest absolute Gasteiger partial charge is 0.266 e. The molecule has 0 aliphatic heterocycles. The molecule has 4 nitrogen and oxygen atoms in total. The molecule has 1 aromatic heterocycles. The molecular formula is C12H18N3O+. The van der Waals surface area contributed by atoms with Crippen molar-refractivity contribution in [3.8, 4) is 0 Å². The third kappa shape index (κ3) is 4.21. The lowest BCUT2D eigenvalue weighted by atomic mass is 10.1. The summed E-state index contributed by atoms with van der Waals surface area (Å²) in [5.41, 5.74) is 3.46. The van der Waals surface area contributed by atoms with Gasteiger partial charge in [-0.25, -0.2) is 5.43 Å². The van der Waals surface area contributed by atoms with Gasteiger partial charge in [-0.15, -0.1) is 0 Å². The summed E-state index contributed by atoms with van der Waals surface area (Å²) >= 11 is 0. The first kappa shape index (κ1) is 12.4. The fourth-order valence-electron chi connectivity index (χ4n) is 1.02. The van der Waals surface area contributed by atoms with Gasteiger partial charge in [-0.05, 0) is 12.8 Å². The molecule has 86 valence electrons. The van der Waals surface area contributed by atoms with Crippen LogP contribution in [0.5, 0.6) is 0 Å². The predicted octanol–water partition coefficient (Wildman–Crippen LogP) is 1.12. The van der Waals surface area contributed by atoms with Crippen molar-refractivity contribution >= 4 is 11.6 Å². The second kappa shape index (κ2) is 6.00. The van der Waals surface area contributed by atoms with E-state index >= 15 is 0 Å². The maximum atomic E-state index is 11.5. The molecule has 0 spiro atoms. The molecule has 0 bridgehead atoms. The number of aromatic nitrogens is 1. The molecule has 1 N–H and O–H groups in total. The Balaban J connectivity index is 2.46. The number of hydrazone groups is 1. The van der Waals surface area contributed by atoms with E-state index in [0.29, 0.717) is 5.92 Å². The highest BCUT2D eigenvalue weighted by molar-refractivity contribution is 5.85. The Hall–Kier alpha value is -1.71. The van der Waals surface area contributed by atoms with Gasteiger partial charge in [0.15, 0.2) is 12.4 Å². The van der Waals surface area contributed by atoms with E-state index in [2.05, 4.69) is 10.5 Å². The highest BCUT2D eigenvalue weighted by Gasteiger charge is 2.07. The number of carbonyl (C=O) groups is 1. The van der Waals surface area contributed by atoms with Crippen LogP contribution in [-0.4, -0.2) is 11.6 Å². The van der Waals surface area contributed by atoms with E-state index in [1.165, 1.54) is 0 Å². The molecule has 1 rings (SSSR count). The molecule has 16 heavy (non-hydrogen) atoms. The lowest BCUT2D eigenvalue weighted by Gasteiger charge is -2.03. The van der Waals surface area contributed by atoms with Gasteiger partial charge < -0.3 is 0 Å². The van der Waals surface area contributed by atoms with Crippen LogP contribution in [0.3, 0.4) is 0 Å². The second-order valence-electron chi connectivity index (χ2n) is 3.99. The Labute approximate surface area is 96.0 Å². The van der Waals surface area contributed by atoms with Crippen molar-refractivity contribution in [1.29, 1.82) is 0 Å². The summed E-state index contributed by atoms with van der Waals surface area (Å²) in [7, 11) is 0. The number of carbonyl (C=O) groups excluding carboxylic acids is 1. The van der Waals surface area contributed by atoms with Crippen LogP contribution in [0, 0.1) is 5.92 Å². The maximum Gasteiger partial charge on any atom is 0.305 e. The van der Waals surface area contributed by atoms with Crippen molar-refractivity contribution in [2.45, 2.75) is 27.3 Å². The number of nitrogens with zero attached hydrogens (tertiary/aromatic N) is 2. The van der Waals surface area contributed by atoms with Crippen LogP contribution in [0.2, 0.25) is 0 Å². The number of rotatable bonds is 4. The molecule has 4 heteroatoms. The molecule has 0 aromatic carbocycles. The van der Waals surface area contributed by atoms with Gasteiger partial charge in [0, 0.05) is 17.8 Å². The van der Waals surface area contributed by atoms with Crippen molar-refractivity contribution in [1.82, 2.24) is 5.43 Å². The SMILES string of the molecule is CC(=NNC(=O)C[n+]1ccccc1)C(C)C. The summed E-state index contributed by atoms with van der Waals surface area (Å²) in [6, 6.07) is 5.68. The van der Waals surface area contributed by atoms with Gasteiger partial charge in [-0.1, -0.05) is 19.9 Å². The molecule has 0 aliphatic carbocycles. The van der Waals surface area contributed by atoms with E-state index in [0.717, 1.165) is 5.71 Å². The van der Waals surface area contributed by atoms with Gasteiger partial charge in [0.25, 0.3) is 0 Å². The fourth-order valence-corrected chi connectivity index (χ4v) is 1.02. The number of nitrogens with one attached hydrogen (secondary N) is 1. The standard InChI is InChI=1S/C12H17N3O/c1-10(2)11(3)13-14-12(16)9-15-7-5-4-6-8-15/h4-8,10H,9H2,1-3H3/p+1. The first-order valence-corrected chi connectivity index (χ1v) is 5.36. The number of pyridine rings is 1. The largest absolute Gasteiger partial charge is 0.305 e. The minimum atomic E-state index is -0.115. The first-order chi connectivity index (χ1) is 7.59. The van der Waals surface area contributed by atoms with Crippen molar-refractivity contribution in [2.75, 3.05) is 0 Å². The summed E-state index contributed by atoms with van der Waals surface area (Å²) in [4.78, 5) is 11.5. The average molecular weight is 220 g/mol. The van der Waals surface area contributed by atoms with Crippen LogP contribution in [-0.2, 0) is 11.3 Å². The van der Waals surface area contributed by atoms with E-state index in [-0.39, 0.29) is 12.5 Å². The Morgan fingerprint density at radius 1 is 1.31 bits per heavy atom. The van der Waals surface area contributed by atoms with Crippen LogP contribution >= 0.6 is 0 Å². The van der Waals surface area contributed by atoms with Crippen LogP contribution < -0.4 is 9.99 Å². The van der Waals surface area contributed by atoms with E-state index in [4.69, 9.17) is 0 Å². The Morgan fingerprint density at radius 2 is 1.94 bits per heavy atom.